The SMILES string of the molecule is O=C(Cc1ccc(F)cc1)NC(=S)Nc1ccc(Oc2cc(NC(=O)ON3CCC(CN4CCC4)CC3)ncn2)c(F)c1. The number of amides is 2. The summed E-state index contributed by atoms with van der Waals surface area (Å²) in [7, 11) is 0. The molecular weight excluding hydrogens is 580 g/mol. The fourth-order valence-electron chi connectivity index (χ4n) is 4.72. The van der Waals surface area contributed by atoms with Gasteiger partial charge in [-0.1, -0.05) is 12.1 Å². The highest BCUT2D eigenvalue weighted by Crippen LogP contribution is 2.27. The Morgan fingerprint density at radius 1 is 0.977 bits per heavy atom. The molecule has 2 saturated heterocycles. The summed E-state index contributed by atoms with van der Waals surface area (Å²) in [5.41, 5.74) is 0.886. The monoisotopic (exact) mass is 611 g/mol. The summed E-state index contributed by atoms with van der Waals surface area (Å²) in [5, 5.41) is 9.38. The largest absolute Gasteiger partial charge is 0.436 e. The van der Waals surface area contributed by atoms with Crippen molar-refractivity contribution in [1.82, 2.24) is 25.2 Å². The molecule has 0 bridgehead atoms. The van der Waals surface area contributed by atoms with Gasteiger partial charge in [-0.2, -0.15) is 0 Å². The number of piperidine rings is 1. The van der Waals surface area contributed by atoms with Gasteiger partial charge in [-0.3, -0.25) is 10.1 Å². The number of aromatic nitrogens is 2. The minimum absolute atomic E-state index is 0.000273. The van der Waals surface area contributed by atoms with Crippen LogP contribution in [-0.4, -0.2) is 69.8 Å². The average molecular weight is 612 g/mol. The molecule has 3 N–H and O–H groups in total. The van der Waals surface area contributed by atoms with E-state index in [0.717, 1.165) is 25.5 Å². The molecule has 226 valence electrons. The highest BCUT2D eigenvalue weighted by Gasteiger charge is 2.25. The molecule has 2 amide bonds. The maximum Gasteiger partial charge on any atom is 0.431 e. The number of hydrogen-bond acceptors (Lipinski definition) is 9. The molecule has 2 aliphatic heterocycles. The molecule has 0 atom stereocenters. The number of halogens is 2. The van der Waals surface area contributed by atoms with Crippen molar-refractivity contribution in [2.45, 2.75) is 25.7 Å². The zero-order valence-electron chi connectivity index (χ0n) is 23.2. The zero-order chi connectivity index (χ0) is 30.2. The highest BCUT2D eigenvalue weighted by molar-refractivity contribution is 7.80. The minimum atomic E-state index is -0.726. The molecule has 2 aromatic carbocycles. The quantitative estimate of drug-likeness (QED) is 0.299. The average Bonchev–Trinajstić information content (AvgIpc) is 2.94. The Hall–Kier alpha value is -4.27. The van der Waals surface area contributed by atoms with Crippen LogP contribution in [0.1, 0.15) is 24.8 Å². The molecule has 3 aromatic rings. The number of hydroxylamine groups is 2. The number of rotatable bonds is 9. The number of nitrogens with zero attached hydrogens (tertiary/aromatic N) is 4. The summed E-state index contributed by atoms with van der Waals surface area (Å²) < 4.78 is 33.4. The van der Waals surface area contributed by atoms with E-state index < -0.39 is 23.6 Å². The van der Waals surface area contributed by atoms with Gasteiger partial charge in [-0.15, -0.1) is 5.06 Å². The molecule has 0 saturated carbocycles. The molecule has 43 heavy (non-hydrogen) atoms. The lowest BCUT2D eigenvalue weighted by Gasteiger charge is -2.37. The normalized spacial score (nSPS) is 15.7. The molecule has 2 aliphatic rings. The van der Waals surface area contributed by atoms with E-state index >= 15 is 0 Å². The highest BCUT2D eigenvalue weighted by atomic mass is 32.1. The van der Waals surface area contributed by atoms with Crippen LogP contribution >= 0.6 is 12.2 Å². The molecule has 0 spiro atoms. The molecule has 11 nitrogen and oxygen atoms in total. The lowest BCUT2D eigenvalue weighted by molar-refractivity contribution is -0.119. The van der Waals surface area contributed by atoms with Crippen molar-refractivity contribution in [3.8, 4) is 11.6 Å². The van der Waals surface area contributed by atoms with Crippen molar-refractivity contribution >= 4 is 40.8 Å². The second-order valence-electron chi connectivity index (χ2n) is 10.3. The third kappa shape index (κ3) is 9.11. The molecule has 1 aromatic heterocycles. The van der Waals surface area contributed by atoms with Crippen LogP contribution in [-0.2, 0) is 16.1 Å². The standard InChI is InChI=1S/C29H31F2N7O4S/c30-21-4-2-19(3-5-21)14-26(39)36-28(43)34-22-6-7-24(23(31)15-22)41-27-16-25(32-18-33-27)35-29(40)42-38-12-8-20(9-13-38)17-37-10-1-11-37/h2-7,15-16,18,20H,1,8-14,17H2,(H,32,33,35,40)(H2,34,36,39,43). The number of hydrogen-bond donors (Lipinski definition) is 3. The first-order chi connectivity index (χ1) is 20.8. The van der Waals surface area contributed by atoms with Crippen LogP contribution in [0.2, 0.25) is 0 Å². The van der Waals surface area contributed by atoms with Gasteiger partial charge in [-0.05, 0) is 80.3 Å². The van der Waals surface area contributed by atoms with E-state index in [-0.39, 0.29) is 34.7 Å². The van der Waals surface area contributed by atoms with Crippen LogP contribution in [0, 0.1) is 17.6 Å². The number of likely N-dealkylation sites (tertiary alicyclic amines) is 1. The minimum Gasteiger partial charge on any atom is -0.436 e. The van der Waals surface area contributed by atoms with E-state index in [1.54, 1.807) is 5.06 Å². The van der Waals surface area contributed by atoms with Crippen LogP contribution in [0.5, 0.6) is 11.6 Å². The summed E-state index contributed by atoms with van der Waals surface area (Å²) in [6.07, 6.45) is 3.69. The number of anilines is 2. The summed E-state index contributed by atoms with van der Waals surface area (Å²) in [6.45, 7) is 4.80. The number of carbonyl (C=O) groups is 2. The number of benzene rings is 2. The van der Waals surface area contributed by atoms with Gasteiger partial charge in [-0.25, -0.2) is 23.5 Å². The van der Waals surface area contributed by atoms with E-state index in [1.165, 1.54) is 68.3 Å². The molecule has 2 fully saturated rings. The summed E-state index contributed by atoms with van der Waals surface area (Å²) in [5.74, 6) is -0.925. The first kappa shape index (κ1) is 30.2. The molecule has 0 unspecified atom stereocenters. The van der Waals surface area contributed by atoms with Crippen molar-refractivity contribution in [2.75, 3.05) is 43.4 Å². The Morgan fingerprint density at radius 2 is 1.74 bits per heavy atom. The summed E-state index contributed by atoms with van der Waals surface area (Å²) in [4.78, 5) is 40.5. The summed E-state index contributed by atoms with van der Waals surface area (Å²) >= 11 is 5.13. The predicted octanol–water partition coefficient (Wildman–Crippen LogP) is 4.48. The summed E-state index contributed by atoms with van der Waals surface area (Å²) in [6, 6.07) is 10.9. The zero-order valence-corrected chi connectivity index (χ0v) is 24.0. The molecular formula is C29H31F2N7O4S. The Labute approximate surface area is 252 Å². The lowest BCUT2D eigenvalue weighted by atomic mass is 9.96. The Kier molecular flexibility index (Phi) is 10.0. The van der Waals surface area contributed by atoms with Gasteiger partial charge in [0.05, 0.1) is 6.42 Å². The van der Waals surface area contributed by atoms with Crippen LogP contribution in [0.25, 0.3) is 0 Å². The number of thiocarbonyl (C=S) groups is 1. The van der Waals surface area contributed by atoms with E-state index in [1.807, 2.05) is 0 Å². The molecule has 0 aliphatic carbocycles. The van der Waals surface area contributed by atoms with Crippen molar-refractivity contribution in [3.63, 3.8) is 0 Å². The molecule has 0 radical (unpaired) electrons. The van der Waals surface area contributed by atoms with E-state index in [9.17, 15) is 18.4 Å². The Morgan fingerprint density at radius 3 is 2.44 bits per heavy atom. The number of nitrogens with one attached hydrogen (secondary N) is 3. The third-order valence-electron chi connectivity index (χ3n) is 7.06. The smallest absolute Gasteiger partial charge is 0.431 e. The first-order valence-corrected chi connectivity index (χ1v) is 14.3. The van der Waals surface area contributed by atoms with Crippen LogP contribution < -0.4 is 20.7 Å². The maximum absolute atomic E-state index is 14.8. The van der Waals surface area contributed by atoms with Gasteiger partial charge in [0.2, 0.25) is 11.8 Å². The Bertz CT molecular complexity index is 1450. The second-order valence-corrected chi connectivity index (χ2v) is 10.7. The van der Waals surface area contributed by atoms with Crippen LogP contribution in [0.3, 0.4) is 0 Å². The van der Waals surface area contributed by atoms with Gasteiger partial charge in [0.25, 0.3) is 0 Å². The molecule has 3 heterocycles. The van der Waals surface area contributed by atoms with Gasteiger partial charge in [0.15, 0.2) is 16.7 Å². The fourth-order valence-corrected chi connectivity index (χ4v) is 4.95. The van der Waals surface area contributed by atoms with E-state index in [4.69, 9.17) is 21.8 Å². The third-order valence-corrected chi connectivity index (χ3v) is 7.26. The van der Waals surface area contributed by atoms with Crippen molar-refractivity contribution in [2.24, 2.45) is 5.92 Å². The van der Waals surface area contributed by atoms with Gasteiger partial charge in [0, 0.05) is 37.5 Å². The van der Waals surface area contributed by atoms with E-state index in [2.05, 4.69) is 30.8 Å². The van der Waals surface area contributed by atoms with Crippen molar-refractivity contribution in [1.29, 1.82) is 0 Å². The predicted molar refractivity (Wildman–Crippen MR) is 158 cm³/mol. The molecule has 5 rings (SSSR count). The van der Waals surface area contributed by atoms with Crippen molar-refractivity contribution in [3.05, 3.63) is 72.1 Å². The first-order valence-electron chi connectivity index (χ1n) is 13.9. The second kappa shape index (κ2) is 14.3. The maximum atomic E-state index is 14.8. The number of carbonyl (C=O) groups excluding carboxylic acids is 2. The van der Waals surface area contributed by atoms with E-state index in [0.29, 0.717) is 24.6 Å². The fraction of sp³-hybridized carbons (Fsp3) is 0.345. The van der Waals surface area contributed by atoms with Gasteiger partial charge >= 0.3 is 6.09 Å². The topological polar surface area (TPSA) is 121 Å². The van der Waals surface area contributed by atoms with Gasteiger partial charge < -0.3 is 25.1 Å². The van der Waals surface area contributed by atoms with Crippen molar-refractivity contribution < 1.29 is 27.9 Å². The van der Waals surface area contributed by atoms with Gasteiger partial charge in [0.1, 0.15) is 18.0 Å². The Balaban J connectivity index is 1.07. The van der Waals surface area contributed by atoms with Crippen LogP contribution in [0.4, 0.5) is 25.1 Å². The molecule has 14 heteroatoms. The number of ether oxygens (including phenoxy) is 1. The lowest BCUT2D eigenvalue weighted by Crippen LogP contribution is -2.44. The van der Waals surface area contributed by atoms with Crippen LogP contribution in [0.15, 0.2) is 54.9 Å².